The van der Waals surface area contributed by atoms with Gasteiger partial charge in [0.05, 0.1) is 6.54 Å². The second-order valence-electron chi connectivity index (χ2n) is 4.92. The first-order chi connectivity index (χ1) is 7.17. The molecule has 0 fully saturated rings. The molecule has 0 saturated carbocycles. The van der Waals surface area contributed by atoms with E-state index in [4.69, 9.17) is 5.11 Å². The van der Waals surface area contributed by atoms with Gasteiger partial charge in [-0.2, -0.15) is 0 Å². The lowest BCUT2D eigenvalue weighted by atomic mass is 10.0. The van der Waals surface area contributed by atoms with Crippen molar-refractivity contribution < 1.29 is 14.7 Å². The molecule has 0 radical (unpaired) electrons. The number of carbonyl (C=O) groups is 2. The fraction of sp³-hybridized carbons (Fsp3) is 0.818. The van der Waals surface area contributed by atoms with Crippen LogP contribution in [-0.4, -0.2) is 47.6 Å². The topological polar surface area (TPSA) is 69.6 Å². The van der Waals surface area contributed by atoms with E-state index in [1.54, 1.807) is 20.9 Å². The van der Waals surface area contributed by atoms with Gasteiger partial charge in [0.15, 0.2) is 0 Å². The number of aliphatic carboxylic acids is 1. The second-order valence-corrected chi connectivity index (χ2v) is 4.92. The highest BCUT2D eigenvalue weighted by Gasteiger charge is 2.32. The molecule has 16 heavy (non-hydrogen) atoms. The predicted octanol–water partition coefficient (Wildman–Crippen LogP) is 0.554. The Balaban J connectivity index is 4.19. The standard InChI is InChI=1S/C11H22N2O3/c1-8(2)6-12-9(14)7-13(5)11(3,4)10(15)16/h8H,6-7H2,1-5H3,(H,12,14)(H,15,16). The summed E-state index contributed by atoms with van der Waals surface area (Å²) in [4.78, 5) is 23.9. The lowest BCUT2D eigenvalue weighted by Crippen LogP contribution is -2.51. The van der Waals surface area contributed by atoms with Crippen LogP contribution in [0.2, 0.25) is 0 Å². The Hall–Kier alpha value is -1.10. The van der Waals surface area contributed by atoms with Crippen LogP contribution >= 0.6 is 0 Å². The van der Waals surface area contributed by atoms with Crippen molar-refractivity contribution in [2.75, 3.05) is 20.1 Å². The van der Waals surface area contributed by atoms with Crippen LogP contribution in [0.4, 0.5) is 0 Å². The summed E-state index contributed by atoms with van der Waals surface area (Å²) in [6.45, 7) is 7.86. The van der Waals surface area contributed by atoms with Crippen LogP contribution in [0, 0.1) is 5.92 Å². The summed E-state index contributed by atoms with van der Waals surface area (Å²) in [6, 6.07) is 0. The zero-order valence-electron chi connectivity index (χ0n) is 10.7. The Bertz CT molecular complexity index is 262. The summed E-state index contributed by atoms with van der Waals surface area (Å²) in [7, 11) is 1.63. The SMILES string of the molecule is CC(C)CNC(=O)CN(C)C(C)(C)C(=O)O. The van der Waals surface area contributed by atoms with Gasteiger partial charge in [-0.15, -0.1) is 0 Å². The molecule has 0 aromatic rings. The maximum atomic E-state index is 11.5. The summed E-state index contributed by atoms with van der Waals surface area (Å²) >= 11 is 0. The molecular weight excluding hydrogens is 208 g/mol. The van der Waals surface area contributed by atoms with Gasteiger partial charge in [0.2, 0.25) is 5.91 Å². The number of rotatable bonds is 6. The van der Waals surface area contributed by atoms with Crippen LogP contribution < -0.4 is 5.32 Å². The van der Waals surface area contributed by atoms with E-state index >= 15 is 0 Å². The Morgan fingerprint density at radius 3 is 2.25 bits per heavy atom. The van der Waals surface area contributed by atoms with Crippen molar-refractivity contribution in [3.8, 4) is 0 Å². The van der Waals surface area contributed by atoms with Crippen molar-refractivity contribution in [1.82, 2.24) is 10.2 Å². The van der Waals surface area contributed by atoms with E-state index in [9.17, 15) is 9.59 Å². The molecule has 1 amide bonds. The predicted molar refractivity (Wildman–Crippen MR) is 62.2 cm³/mol. The van der Waals surface area contributed by atoms with Gasteiger partial charge in [0.1, 0.15) is 5.54 Å². The maximum Gasteiger partial charge on any atom is 0.323 e. The number of amides is 1. The summed E-state index contributed by atoms with van der Waals surface area (Å²) in [5.41, 5.74) is -1.03. The third-order valence-corrected chi connectivity index (χ3v) is 2.57. The van der Waals surface area contributed by atoms with Gasteiger partial charge in [-0.3, -0.25) is 14.5 Å². The van der Waals surface area contributed by atoms with Gasteiger partial charge in [-0.1, -0.05) is 13.8 Å². The number of carbonyl (C=O) groups excluding carboxylic acids is 1. The number of carboxylic acids is 1. The molecule has 0 aliphatic heterocycles. The fourth-order valence-electron chi connectivity index (χ4n) is 0.950. The number of nitrogens with zero attached hydrogens (tertiary/aromatic N) is 1. The Labute approximate surface area is 96.8 Å². The van der Waals surface area contributed by atoms with Crippen LogP contribution in [0.5, 0.6) is 0 Å². The van der Waals surface area contributed by atoms with E-state index in [0.717, 1.165) is 0 Å². The summed E-state index contributed by atoms with van der Waals surface area (Å²) in [5.74, 6) is -0.695. The molecule has 0 atom stereocenters. The normalized spacial score (nSPS) is 11.9. The summed E-state index contributed by atoms with van der Waals surface area (Å²) < 4.78 is 0. The minimum Gasteiger partial charge on any atom is -0.480 e. The molecule has 0 unspecified atom stereocenters. The first-order valence-corrected chi connectivity index (χ1v) is 5.39. The van der Waals surface area contributed by atoms with Crippen molar-refractivity contribution >= 4 is 11.9 Å². The molecule has 0 spiro atoms. The van der Waals surface area contributed by atoms with Crippen molar-refractivity contribution in [2.45, 2.75) is 33.2 Å². The van der Waals surface area contributed by atoms with Gasteiger partial charge >= 0.3 is 5.97 Å². The third kappa shape index (κ3) is 4.61. The lowest BCUT2D eigenvalue weighted by Gasteiger charge is -2.30. The minimum atomic E-state index is -1.03. The second kappa shape index (κ2) is 5.84. The van der Waals surface area contributed by atoms with Crippen molar-refractivity contribution in [2.24, 2.45) is 5.92 Å². The smallest absolute Gasteiger partial charge is 0.323 e. The third-order valence-electron chi connectivity index (χ3n) is 2.57. The Morgan fingerprint density at radius 2 is 1.88 bits per heavy atom. The van der Waals surface area contributed by atoms with Crippen molar-refractivity contribution in [3.05, 3.63) is 0 Å². The molecule has 0 saturated heterocycles. The molecule has 5 nitrogen and oxygen atoms in total. The van der Waals surface area contributed by atoms with Gasteiger partial charge in [-0.05, 0) is 26.8 Å². The summed E-state index contributed by atoms with van der Waals surface area (Å²) in [6.07, 6.45) is 0. The Kier molecular flexibility index (Phi) is 5.44. The zero-order valence-corrected chi connectivity index (χ0v) is 10.7. The number of nitrogens with one attached hydrogen (secondary N) is 1. The van der Waals surface area contributed by atoms with E-state index in [1.807, 2.05) is 13.8 Å². The highest BCUT2D eigenvalue weighted by Crippen LogP contribution is 2.11. The van der Waals surface area contributed by atoms with E-state index < -0.39 is 11.5 Å². The van der Waals surface area contributed by atoms with Crippen molar-refractivity contribution in [3.63, 3.8) is 0 Å². The molecule has 0 rings (SSSR count). The molecule has 0 heterocycles. The molecule has 0 aliphatic rings. The molecule has 0 aliphatic carbocycles. The van der Waals surface area contributed by atoms with Gasteiger partial charge in [0.25, 0.3) is 0 Å². The largest absolute Gasteiger partial charge is 0.480 e. The molecular formula is C11H22N2O3. The average Bonchev–Trinajstić information content (AvgIpc) is 2.14. The number of carboxylic acid groups (broad SMARTS) is 1. The molecule has 94 valence electrons. The van der Waals surface area contributed by atoms with E-state index in [2.05, 4.69) is 5.32 Å². The van der Waals surface area contributed by atoms with Crippen LogP contribution in [0.25, 0.3) is 0 Å². The highest BCUT2D eigenvalue weighted by atomic mass is 16.4. The van der Waals surface area contributed by atoms with E-state index in [1.165, 1.54) is 4.90 Å². The first kappa shape index (κ1) is 14.9. The van der Waals surface area contributed by atoms with Crippen LogP contribution in [0.3, 0.4) is 0 Å². The van der Waals surface area contributed by atoms with E-state index in [-0.39, 0.29) is 12.5 Å². The first-order valence-electron chi connectivity index (χ1n) is 5.39. The lowest BCUT2D eigenvalue weighted by molar-refractivity contribution is -0.149. The van der Waals surface area contributed by atoms with Gasteiger partial charge < -0.3 is 10.4 Å². The molecule has 0 aromatic carbocycles. The number of hydrogen-bond donors (Lipinski definition) is 2. The summed E-state index contributed by atoms with van der Waals surface area (Å²) in [5, 5.41) is 11.7. The number of hydrogen-bond acceptors (Lipinski definition) is 3. The molecule has 2 N–H and O–H groups in total. The van der Waals surface area contributed by atoms with Gasteiger partial charge in [-0.25, -0.2) is 0 Å². The van der Waals surface area contributed by atoms with E-state index in [0.29, 0.717) is 12.5 Å². The maximum absolute atomic E-state index is 11.5. The van der Waals surface area contributed by atoms with Gasteiger partial charge in [0, 0.05) is 6.54 Å². The van der Waals surface area contributed by atoms with Crippen molar-refractivity contribution in [1.29, 1.82) is 0 Å². The molecule has 5 heteroatoms. The quantitative estimate of drug-likeness (QED) is 0.699. The Morgan fingerprint density at radius 1 is 1.38 bits per heavy atom. The van der Waals surface area contributed by atoms with Crippen LogP contribution in [0.15, 0.2) is 0 Å². The molecule has 0 bridgehead atoms. The number of likely N-dealkylation sites (N-methyl/N-ethyl adjacent to an activating group) is 1. The monoisotopic (exact) mass is 230 g/mol. The zero-order chi connectivity index (χ0) is 12.9. The van der Waals surface area contributed by atoms with Crippen LogP contribution in [-0.2, 0) is 9.59 Å². The fourth-order valence-corrected chi connectivity index (χ4v) is 0.950. The van der Waals surface area contributed by atoms with Crippen LogP contribution in [0.1, 0.15) is 27.7 Å². The average molecular weight is 230 g/mol. The minimum absolute atomic E-state index is 0.0893. The molecule has 0 aromatic heterocycles. The highest BCUT2D eigenvalue weighted by molar-refractivity contribution is 5.81.